The number of halogens is 3. The van der Waals surface area contributed by atoms with Gasteiger partial charge in [-0.25, -0.2) is 4.79 Å². The highest BCUT2D eigenvalue weighted by Gasteiger charge is 2.38. The highest BCUT2D eigenvalue weighted by atomic mass is 19.4. The highest BCUT2D eigenvalue weighted by Crippen LogP contribution is 2.15. The average molecular weight is 476 g/mol. The topological polar surface area (TPSA) is 123 Å². The van der Waals surface area contributed by atoms with E-state index < -0.39 is 30.9 Å². The lowest BCUT2D eigenvalue weighted by molar-refractivity contribution is -0.173. The first-order valence-electron chi connectivity index (χ1n) is 10.1. The molecule has 2 amide bonds. The van der Waals surface area contributed by atoms with E-state index in [1.807, 2.05) is 0 Å². The van der Waals surface area contributed by atoms with Gasteiger partial charge in [-0.05, 0) is 37.5 Å². The third kappa shape index (κ3) is 12.5. The van der Waals surface area contributed by atoms with Crippen LogP contribution in [0.5, 0.6) is 5.75 Å². The van der Waals surface area contributed by atoms with Gasteiger partial charge in [-0.3, -0.25) is 9.59 Å². The molecule has 0 fully saturated rings. The zero-order valence-corrected chi connectivity index (χ0v) is 17.9. The van der Waals surface area contributed by atoms with Crippen LogP contribution in [0.4, 0.5) is 13.2 Å². The summed E-state index contributed by atoms with van der Waals surface area (Å²) in [7, 11) is 0. The number of nitrogens with one attached hydrogen (secondary N) is 2. The number of carboxylic acids is 1. The number of carbonyl (C=O) groups is 3. The molecule has 9 nitrogen and oxygen atoms in total. The molecule has 0 aliphatic carbocycles. The first-order chi connectivity index (χ1) is 15.6. The molecular formula is C21H27F3N2O7. The van der Waals surface area contributed by atoms with E-state index in [9.17, 15) is 27.6 Å². The van der Waals surface area contributed by atoms with Crippen molar-refractivity contribution in [3.8, 4) is 5.75 Å². The Hall–Kier alpha value is -3.12. The summed E-state index contributed by atoms with van der Waals surface area (Å²) in [5.41, 5.74) is 0.319. The summed E-state index contributed by atoms with van der Waals surface area (Å²) in [6.45, 7) is 3.15. The Morgan fingerprint density at radius 2 is 1.79 bits per heavy atom. The van der Waals surface area contributed by atoms with Gasteiger partial charge in [-0.15, -0.1) is 6.58 Å². The Morgan fingerprint density at radius 1 is 1.09 bits per heavy atom. The predicted octanol–water partition coefficient (Wildman–Crippen LogP) is 2.27. The molecule has 0 saturated carbocycles. The van der Waals surface area contributed by atoms with Crippen LogP contribution in [0, 0.1) is 0 Å². The van der Waals surface area contributed by atoms with E-state index in [0.717, 1.165) is 0 Å². The van der Waals surface area contributed by atoms with Gasteiger partial charge < -0.3 is 30.0 Å². The number of hydrogen-bond acceptors (Lipinski definition) is 6. The highest BCUT2D eigenvalue weighted by molar-refractivity contribution is 5.94. The average Bonchev–Trinajstić information content (AvgIpc) is 2.77. The second kappa shape index (κ2) is 14.9. The summed E-state index contributed by atoms with van der Waals surface area (Å²) >= 11 is 0. The van der Waals surface area contributed by atoms with Crippen LogP contribution in [0.3, 0.4) is 0 Å². The largest absolute Gasteiger partial charge is 0.488 e. The smallest absolute Gasteiger partial charge is 0.471 e. The van der Waals surface area contributed by atoms with Crippen LogP contribution in [0.15, 0.2) is 36.9 Å². The lowest BCUT2D eigenvalue weighted by Gasteiger charge is -2.17. The molecule has 0 heterocycles. The van der Waals surface area contributed by atoms with Gasteiger partial charge in [-0.1, -0.05) is 12.1 Å². The molecule has 1 aromatic rings. The molecule has 1 aromatic carbocycles. The number of unbranched alkanes of at least 4 members (excludes halogenated alkanes) is 2. The van der Waals surface area contributed by atoms with E-state index in [-0.39, 0.29) is 25.7 Å². The number of rotatable bonds is 16. The monoisotopic (exact) mass is 476 g/mol. The zero-order chi connectivity index (χ0) is 24.7. The minimum absolute atomic E-state index is 0.0979. The fourth-order valence-corrected chi connectivity index (χ4v) is 2.41. The van der Waals surface area contributed by atoms with Crippen molar-refractivity contribution in [2.75, 3.05) is 32.9 Å². The third-order valence-corrected chi connectivity index (χ3v) is 3.96. The van der Waals surface area contributed by atoms with Crippen molar-refractivity contribution in [1.82, 2.24) is 10.6 Å². The van der Waals surface area contributed by atoms with Crippen LogP contribution in [0.25, 0.3) is 0 Å². The Kier molecular flexibility index (Phi) is 12.6. The molecule has 0 bridgehead atoms. The number of benzene rings is 1. The van der Waals surface area contributed by atoms with Crippen LogP contribution >= 0.6 is 0 Å². The molecule has 0 aromatic heterocycles. The summed E-state index contributed by atoms with van der Waals surface area (Å²) in [4.78, 5) is 33.6. The normalized spacial score (nSPS) is 12.0. The summed E-state index contributed by atoms with van der Waals surface area (Å²) in [5, 5.41) is 13.2. The second-order valence-corrected chi connectivity index (χ2v) is 6.67. The quantitative estimate of drug-likeness (QED) is 0.190. The number of aliphatic carboxylic acids is 1. The SMILES string of the molecule is C=CCOC(COc1cccc(C(=O)NCCCCCNC(=O)C(F)(F)F)c1)OCC(=O)O. The van der Waals surface area contributed by atoms with Crippen molar-refractivity contribution in [3.63, 3.8) is 0 Å². The molecule has 0 aliphatic rings. The van der Waals surface area contributed by atoms with Crippen molar-refractivity contribution < 1.29 is 46.9 Å². The number of carbonyl (C=O) groups excluding carboxylic acids is 2. The Balaban J connectivity index is 2.38. The standard InChI is InChI=1S/C21H27F3N2O7/c1-2-11-31-18(33-13-17(27)28)14-32-16-8-6-7-15(12-16)19(29)25-9-4-3-5-10-26-20(30)21(22,23)24/h2,6-8,12,18H,1,3-5,9-11,13-14H2,(H,25,29)(H,26,30)(H,27,28). The summed E-state index contributed by atoms with van der Waals surface area (Å²) in [6.07, 6.45) is -2.98. The lowest BCUT2D eigenvalue weighted by atomic mass is 10.2. The minimum Gasteiger partial charge on any atom is -0.488 e. The number of alkyl halides is 3. The zero-order valence-electron chi connectivity index (χ0n) is 17.9. The molecule has 0 aliphatic heterocycles. The summed E-state index contributed by atoms with van der Waals surface area (Å²) in [6, 6.07) is 6.27. The molecule has 12 heteroatoms. The molecular weight excluding hydrogens is 449 g/mol. The Bertz CT molecular complexity index is 787. The minimum atomic E-state index is -4.89. The fourth-order valence-electron chi connectivity index (χ4n) is 2.41. The van der Waals surface area contributed by atoms with Gasteiger partial charge in [0.25, 0.3) is 5.91 Å². The number of carboxylic acid groups (broad SMARTS) is 1. The molecule has 184 valence electrons. The molecule has 1 unspecified atom stereocenters. The summed E-state index contributed by atoms with van der Waals surface area (Å²) < 4.78 is 52.0. The van der Waals surface area contributed by atoms with E-state index >= 15 is 0 Å². The van der Waals surface area contributed by atoms with E-state index in [2.05, 4.69) is 11.9 Å². The van der Waals surface area contributed by atoms with Gasteiger partial charge in [-0.2, -0.15) is 13.2 Å². The molecule has 0 radical (unpaired) electrons. The van der Waals surface area contributed by atoms with Crippen molar-refractivity contribution in [1.29, 1.82) is 0 Å². The van der Waals surface area contributed by atoms with Gasteiger partial charge in [0.15, 0.2) is 6.29 Å². The third-order valence-electron chi connectivity index (χ3n) is 3.96. The number of hydrogen-bond donors (Lipinski definition) is 3. The van der Waals surface area contributed by atoms with Gasteiger partial charge in [0, 0.05) is 18.7 Å². The number of ether oxygens (including phenoxy) is 3. The van der Waals surface area contributed by atoms with Gasteiger partial charge >= 0.3 is 18.1 Å². The Morgan fingerprint density at radius 3 is 2.42 bits per heavy atom. The molecule has 1 atom stereocenters. The van der Waals surface area contributed by atoms with E-state index in [4.69, 9.17) is 19.3 Å². The molecule has 3 N–H and O–H groups in total. The van der Waals surface area contributed by atoms with Gasteiger partial charge in [0.1, 0.15) is 19.0 Å². The van der Waals surface area contributed by atoms with Gasteiger partial charge in [0.05, 0.1) is 6.61 Å². The van der Waals surface area contributed by atoms with Crippen molar-refractivity contribution in [3.05, 3.63) is 42.5 Å². The van der Waals surface area contributed by atoms with Crippen LogP contribution in [0.2, 0.25) is 0 Å². The predicted molar refractivity (Wildman–Crippen MR) is 111 cm³/mol. The molecule has 33 heavy (non-hydrogen) atoms. The first kappa shape index (κ1) is 27.9. The van der Waals surface area contributed by atoms with Crippen LogP contribution in [-0.4, -0.2) is 68.3 Å². The maximum absolute atomic E-state index is 12.3. The van der Waals surface area contributed by atoms with Crippen molar-refractivity contribution >= 4 is 17.8 Å². The molecule has 0 saturated heterocycles. The Labute approximate surface area is 188 Å². The van der Waals surface area contributed by atoms with E-state index in [1.165, 1.54) is 12.1 Å². The van der Waals surface area contributed by atoms with Crippen LogP contribution in [-0.2, 0) is 19.1 Å². The van der Waals surface area contributed by atoms with Gasteiger partial charge in [0.2, 0.25) is 0 Å². The maximum Gasteiger partial charge on any atom is 0.471 e. The summed E-state index contributed by atoms with van der Waals surface area (Å²) in [5.74, 6) is -3.15. The second-order valence-electron chi connectivity index (χ2n) is 6.67. The lowest BCUT2D eigenvalue weighted by Crippen LogP contribution is -2.37. The van der Waals surface area contributed by atoms with Crippen molar-refractivity contribution in [2.45, 2.75) is 31.7 Å². The van der Waals surface area contributed by atoms with E-state index in [0.29, 0.717) is 37.1 Å². The van der Waals surface area contributed by atoms with Crippen molar-refractivity contribution in [2.24, 2.45) is 0 Å². The molecule has 1 rings (SSSR count). The number of amides is 2. The molecule has 0 spiro atoms. The van der Waals surface area contributed by atoms with E-state index in [1.54, 1.807) is 23.5 Å². The van der Waals surface area contributed by atoms with Crippen LogP contribution < -0.4 is 15.4 Å². The van der Waals surface area contributed by atoms with Crippen LogP contribution in [0.1, 0.15) is 29.6 Å². The fraction of sp³-hybridized carbons (Fsp3) is 0.476. The maximum atomic E-state index is 12.3. The first-order valence-corrected chi connectivity index (χ1v) is 10.1.